The molecule has 0 spiro atoms. The minimum Gasteiger partial charge on any atom is -0.481 e. The van der Waals surface area contributed by atoms with Crippen molar-refractivity contribution in [2.45, 2.75) is 59.0 Å². The summed E-state index contributed by atoms with van der Waals surface area (Å²) in [5, 5.41) is 17.7. The molecule has 1 aromatic rings. The molecule has 0 unspecified atom stereocenters. The lowest BCUT2D eigenvalue weighted by atomic mass is 10.1. The van der Waals surface area contributed by atoms with Crippen molar-refractivity contribution in [3.8, 4) is 0 Å². The van der Waals surface area contributed by atoms with Crippen molar-refractivity contribution in [3.05, 3.63) is 35.4 Å². The van der Waals surface area contributed by atoms with Crippen molar-refractivity contribution in [1.82, 2.24) is 10.2 Å². The average molecular weight is 405 g/mol. The number of aliphatic carboxylic acids is 1. The number of amidine groups is 1. The van der Waals surface area contributed by atoms with Gasteiger partial charge in [-0.2, -0.15) is 0 Å². The topological polar surface area (TPSA) is 137 Å². The molecule has 29 heavy (non-hydrogen) atoms. The molecule has 1 atom stereocenters. The number of carboxylic acid groups (broad SMARTS) is 1. The highest BCUT2D eigenvalue weighted by atomic mass is 16.4. The zero-order valence-electron chi connectivity index (χ0n) is 17.4. The minimum atomic E-state index is -0.833. The Kier molecular flexibility index (Phi) is 9.85. The first-order valence-electron chi connectivity index (χ1n) is 9.81. The fourth-order valence-corrected chi connectivity index (χ4v) is 3.00. The van der Waals surface area contributed by atoms with E-state index in [-0.39, 0.29) is 23.7 Å². The smallest absolute Gasteiger partial charge is 0.300 e. The molecule has 0 radical (unpaired) electrons. The van der Waals surface area contributed by atoms with Crippen molar-refractivity contribution in [2.75, 3.05) is 6.54 Å². The first-order valence-corrected chi connectivity index (χ1v) is 9.81. The molecule has 1 aliphatic heterocycles. The summed E-state index contributed by atoms with van der Waals surface area (Å²) in [6.07, 6.45) is 2.96. The van der Waals surface area contributed by atoms with Crippen LogP contribution in [0.2, 0.25) is 0 Å². The molecule has 2 rings (SSSR count). The van der Waals surface area contributed by atoms with Gasteiger partial charge in [0, 0.05) is 32.0 Å². The van der Waals surface area contributed by atoms with Gasteiger partial charge in [-0.15, -0.1) is 0 Å². The predicted molar refractivity (Wildman–Crippen MR) is 111 cm³/mol. The van der Waals surface area contributed by atoms with Gasteiger partial charge in [0.1, 0.15) is 11.9 Å². The van der Waals surface area contributed by atoms with Crippen molar-refractivity contribution in [2.24, 2.45) is 11.7 Å². The van der Waals surface area contributed by atoms with Gasteiger partial charge in [-0.25, -0.2) is 0 Å². The standard InChI is InChI=1S/C19H28N4O2.C2H4O2/c1-13(2)5-10-17(24)23-11-3-4-16(23)19(25)22-12-14-6-8-15(9-7-14)18(20)21;1-2(3)4/h6-9,13,16H,3-5,10-12H2,1-2H3,(H3,20,21)(H,22,25);1H3,(H,3,4)/t16-;/m0./s1. The zero-order chi connectivity index (χ0) is 22.0. The molecule has 160 valence electrons. The normalized spacial score (nSPS) is 15.4. The molecule has 8 nitrogen and oxygen atoms in total. The molecule has 0 aliphatic carbocycles. The SMILES string of the molecule is CC(=O)O.CC(C)CCC(=O)N1CCC[C@H]1C(=O)NCc1ccc(C(=N)N)cc1. The van der Waals surface area contributed by atoms with E-state index in [1.807, 2.05) is 12.1 Å². The Labute approximate surface area is 172 Å². The number of carbonyl (C=O) groups excluding carboxylic acids is 2. The summed E-state index contributed by atoms with van der Waals surface area (Å²) in [6, 6.07) is 6.87. The molecular formula is C21H32N4O4. The summed E-state index contributed by atoms with van der Waals surface area (Å²) in [6.45, 7) is 6.35. The number of benzene rings is 1. The number of nitrogens with zero attached hydrogens (tertiary/aromatic N) is 1. The maximum absolute atomic E-state index is 12.5. The lowest BCUT2D eigenvalue weighted by Crippen LogP contribution is -2.45. The largest absolute Gasteiger partial charge is 0.481 e. The summed E-state index contributed by atoms with van der Waals surface area (Å²) < 4.78 is 0. The van der Waals surface area contributed by atoms with Crippen LogP contribution < -0.4 is 11.1 Å². The van der Waals surface area contributed by atoms with Crippen LogP contribution >= 0.6 is 0 Å². The Balaban J connectivity index is 0.000000960. The molecule has 1 aromatic carbocycles. The fourth-order valence-electron chi connectivity index (χ4n) is 3.00. The number of carboxylic acids is 1. The summed E-state index contributed by atoms with van der Waals surface area (Å²) in [7, 11) is 0. The summed E-state index contributed by atoms with van der Waals surface area (Å²) >= 11 is 0. The second-order valence-electron chi connectivity index (χ2n) is 7.53. The first-order chi connectivity index (χ1) is 13.6. The second kappa shape index (κ2) is 11.8. The summed E-state index contributed by atoms with van der Waals surface area (Å²) in [5.41, 5.74) is 7.03. The van der Waals surface area contributed by atoms with Gasteiger partial charge in [-0.05, 0) is 30.7 Å². The van der Waals surface area contributed by atoms with Crippen LogP contribution in [0.4, 0.5) is 0 Å². The van der Waals surface area contributed by atoms with Gasteiger partial charge >= 0.3 is 0 Å². The highest BCUT2D eigenvalue weighted by molar-refractivity contribution is 5.94. The van der Waals surface area contributed by atoms with E-state index in [0.717, 1.165) is 31.7 Å². The Morgan fingerprint density at radius 3 is 2.38 bits per heavy atom. The van der Waals surface area contributed by atoms with Crippen LogP contribution in [0.3, 0.4) is 0 Å². The molecule has 0 saturated carbocycles. The molecule has 1 saturated heterocycles. The first kappa shape index (κ1) is 24.1. The minimum absolute atomic E-state index is 0.0251. The number of carbonyl (C=O) groups is 3. The van der Waals surface area contributed by atoms with Crippen molar-refractivity contribution < 1.29 is 19.5 Å². The molecule has 5 N–H and O–H groups in total. The summed E-state index contributed by atoms with van der Waals surface area (Å²) in [5.74, 6) is -0.336. The van der Waals surface area contributed by atoms with Crippen LogP contribution in [0.5, 0.6) is 0 Å². The highest BCUT2D eigenvalue weighted by Crippen LogP contribution is 2.20. The lowest BCUT2D eigenvalue weighted by molar-refractivity contribution is -0.138. The Bertz CT molecular complexity index is 712. The number of amides is 2. The van der Waals surface area contributed by atoms with E-state index >= 15 is 0 Å². The van der Waals surface area contributed by atoms with Gasteiger partial charge in [0.25, 0.3) is 5.97 Å². The number of nitrogen functional groups attached to an aromatic ring is 1. The number of nitrogens with two attached hydrogens (primary N) is 1. The van der Waals surface area contributed by atoms with Crippen LogP contribution in [0.15, 0.2) is 24.3 Å². The van der Waals surface area contributed by atoms with Crippen molar-refractivity contribution in [3.63, 3.8) is 0 Å². The highest BCUT2D eigenvalue weighted by Gasteiger charge is 2.33. The molecule has 1 fully saturated rings. The predicted octanol–water partition coefficient (Wildman–Crippen LogP) is 2.10. The van der Waals surface area contributed by atoms with Gasteiger partial charge in [-0.1, -0.05) is 38.1 Å². The number of likely N-dealkylation sites (tertiary alicyclic amines) is 1. The van der Waals surface area contributed by atoms with Crippen LogP contribution in [0, 0.1) is 11.3 Å². The van der Waals surface area contributed by atoms with E-state index in [9.17, 15) is 9.59 Å². The fraction of sp³-hybridized carbons (Fsp3) is 0.524. The zero-order valence-corrected chi connectivity index (χ0v) is 17.4. The van der Waals surface area contributed by atoms with E-state index < -0.39 is 5.97 Å². The van der Waals surface area contributed by atoms with Gasteiger partial charge in [0.05, 0.1) is 0 Å². The monoisotopic (exact) mass is 404 g/mol. The molecule has 2 amide bonds. The second-order valence-corrected chi connectivity index (χ2v) is 7.53. The van der Waals surface area contributed by atoms with E-state index in [0.29, 0.717) is 31.0 Å². The molecule has 0 aromatic heterocycles. The molecule has 8 heteroatoms. The molecular weight excluding hydrogens is 372 g/mol. The molecule has 1 heterocycles. The van der Waals surface area contributed by atoms with E-state index in [2.05, 4.69) is 19.2 Å². The summed E-state index contributed by atoms with van der Waals surface area (Å²) in [4.78, 5) is 35.6. The third-order valence-electron chi connectivity index (χ3n) is 4.54. The van der Waals surface area contributed by atoms with E-state index in [1.165, 1.54) is 0 Å². The van der Waals surface area contributed by atoms with Gasteiger partial charge < -0.3 is 21.1 Å². The third kappa shape index (κ3) is 8.76. The number of hydrogen-bond acceptors (Lipinski definition) is 4. The van der Waals surface area contributed by atoms with Gasteiger partial charge in [0.15, 0.2) is 0 Å². The quantitative estimate of drug-likeness (QED) is 0.407. The number of hydrogen-bond donors (Lipinski definition) is 4. The average Bonchev–Trinajstić information content (AvgIpc) is 3.14. The Morgan fingerprint density at radius 1 is 1.28 bits per heavy atom. The lowest BCUT2D eigenvalue weighted by Gasteiger charge is -2.24. The maximum atomic E-state index is 12.5. The van der Waals surface area contributed by atoms with Crippen LogP contribution in [0.1, 0.15) is 57.6 Å². The maximum Gasteiger partial charge on any atom is 0.300 e. The van der Waals surface area contributed by atoms with Crippen LogP contribution in [-0.4, -0.2) is 46.2 Å². The number of nitrogens with one attached hydrogen (secondary N) is 2. The molecule has 0 bridgehead atoms. The van der Waals surface area contributed by atoms with Gasteiger partial charge in [0.2, 0.25) is 11.8 Å². The Morgan fingerprint density at radius 2 is 1.86 bits per heavy atom. The van der Waals surface area contributed by atoms with Crippen molar-refractivity contribution in [1.29, 1.82) is 5.41 Å². The van der Waals surface area contributed by atoms with Crippen molar-refractivity contribution >= 4 is 23.6 Å². The molecule has 1 aliphatic rings. The van der Waals surface area contributed by atoms with E-state index in [4.69, 9.17) is 21.0 Å². The van der Waals surface area contributed by atoms with Crippen LogP contribution in [-0.2, 0) is 20.9 Å². The number of rotatable bonds is 7. The van der Waals surface area contributed by atoms with Gasteiger partial charge in [-0.3, -0.25) is 19.8 Å². The third-order valence-corrected chi connectivity index (χ3v) is 4.54. The van der Waals surface area contributed by atoms with Crippen LogP contribution in [0.25, 0.3) is 0 Å². The Hall–Kier alpha value is -2.90. The van der Waals surface area contributed by atoms with E-state index in [1.54, 1.807) is 17.0 Å².